The molecule has 110 valence electrons. The van der Waals surface area contributed by atoms with Crippen molar-refractivity contribution in [2.24, 2.45) is 5.92 Å². The standard InChI is InChI=1S/C14H17Cl2NO3/c15-11-1-2-12(16)13(9-11)20-8-7-17-5-3-10(4-6-17)14(18)19/h1-2,9-10H,3-8H2,(H,18,19). The highest BCUT2D eigenvalue weighted by Crippen LogP contribution is 2.27. The minimum absolute atomic E-state index is 0.199. The van der Waals surface area contributed by atoms with E-state index in [0.29, 0.717) is 35.2 Å². The third-order valence-corrected chi connectivity index (χ3v) is 4.04. The van der Waals surface area contributed by atoms with Crippen molar-refractivity contribution in [1.29, 1.82) is 0 Å². The zero-order valence-corrected chi connectivity index (χ0v) is 12.5. The highest BCUT2D eigenvalue weighted by Gasteiger charge is 2.24. The van der Waals surface area contributed by atoms with Gasteiger partial charge in [-0.3, -0.25) is 9.69 Å². The lowest BCUT2D eigenvalue weighted by Gasteiger charge is -2.29. The van der Waals surface area contributed by atoms with Crippen molar-refractivity contribution in [3.05, 3.63) is 28.2 Å². The Kier molecular flexibility index (Phi) is 5.52. The fourth-order valence-corrected chi connectivity index (χ4v) is 2.61. The lowest BCUT2D eigenvalue weighted by atomic mass is 9.97. The van der Waals surface area contributed by atoms with Crippen molar-refractivity contribution < 1.29 is 14.6 Å². The molecule has 0 saturated carbocycles. The quantitative estimate of drug-likeness (QED) is 0.906. The molecule has 0 radical (unpaired) electrons. The van der Waals surface area contributed by atoms with E-state index >= 15 is 0 Å². The number of piperidine rings is 1. The third-order valence-electron chi connectivity index (χ3n) is 3.50. The van der Waals surface area contributed by atoms with E-state index in [1.807, 2.05) is 0 Å². The number of ether oxygens (including phenoxy) is 1. The highest BCUT2D eigenvalue weighted by molar-refractivity contribution is 6.34. The number of carboxylic acids is 1. The molecule has 0 spiro atoms. The van der Waals surface area contributed by atoms with Crippen LogP contribution in [-0.4, -0.2) is 42.2 Å². The first-order valence-corrected chi connectivity index (χ1v) is 7.35. The molecule has 1 heterocycles. The van der Waals surface area contributed by atoms with Crippen LogP contribution >= 0.6 is 23.2 Å². The Morgan fingerprint density at radius 2 is 2.05 bits per heavy atom. The van der Waals surface area contributed by atoms with E-state index in [1.165, 1.54) is 0 Å². The van der Waals surface area contributed by atoms with Gasteiger partial charge >= 0.3 is 5.97 Å². The maximum absolute atomic E-state index is 10.9. The van der Waals surface area contributed by atoms with Gasteiger partial charge in [0.1, 0.15) is 12.4 Å². The average molecular weight is 318 g/mol. The summed E-state index contributed by atoms with van der Waals surface area (Å²) in [7, 11) is 0. The monoisotopic (exact) mass is 317 g/mol. The van der Waals surface area contributed by atoms with Gasteiger partial charge in [-0.2, -0.15) is 0 Å². The van der Waals surface area contributed by atoms with Crippen molar-refractivity contribution >= 4 is 29.2 Å². The zero-order valence-electron chi connectivity index (χ0n) is 11.0. The summed E-state index contributed by atoms with van der Waals surface area (Å²) in [5, 5.41) is 10.1. The molecular weight excluding hydrogens is 301 g/mol. The predicted molar refractivity (Wildman–Crippen MR) is 78.8 cm³/mol. The van der Waals surface area contributed by atoms with Crippen LogP contribution in [0.4, 0.5) is 0 Å². The van der Waals surface area contributed by atoms with Gasteiger partial charge in [-0.05, 0) is 38.1 Å². The van der Waals surface area contributed by atoms with Gasteiger partial charge in [0, 0.05) is 17.6 Å². The summed E-state index contributed by atoms with van der Waals surface area (Å²) in [4.78, 5) is 13.1. The van der Waals surface area contributed by atoms with Crippen molar-refractivity contribution in [2.75, 3.05) is 26.2 Å². The molecular formula is C14H17Cl2NO3. The number of halogens is 2. The van der Waals surface area contributed by atoms with Crippen LogP contribution in [0.2, 0.25) is 10.0 Å². The summed E-state index contributed by atoms with van der Waals surface area (Å²) in [6, 6.07) is 5.12. The Labute approximate surface area is 128 Å². The zero-order chi connectivity index (χ0) is 14.5. The first-order chi connectivity index (χ1) is 9.56. The first kappa shape index (κ1) is 15.4. The number of rotatable bonds is 5. The van der Waals surface area contributed by atoms with Gasteiger partial charge in [0.2, 0.25) is 0 Å². The molecule has 2 rings (SSSR count). The molecule has 1 aromatic rings. The number of nitrogens with zero attached hydrogens (tertiary/aromatic N) is 1. The molecule has 0 aromatic heterocycles. The molecule has 0 amide bonds. The summed E-state index contributed by atoms with van der Waals surface area (Å²) < 4.78 is 5.62. The van der Waals surface area contributed by atoms with Crippen LogP contribution in [0, 0.1) is 5.92 Å². The maximum Gasteiger partial charge on any atom is 0.306 e. The van der Waals surface area contributed by atoms with Crippen LogP contribution in [0.1, 0.15) is 12.8 Å². The van der Waals surface area contributed by atoms with E-state index in [2.05, 4.69) is 4.90 Å². The first-order valence-electron chi connectivity index (χ1n) is 6.59. The van der Waals surface area contributed by atoms with Gasteiger partial charge in [-0.1, -0.05) is 23.2 Å². The lowest BCUT2D eigenvalue weighted by Crippen LogP contribution is -2.38. The number of carboxylic acid groups (broad SMARTS) is 1. The van der Waals surface area contributed by atoms with Crippen molar-refractivity contribution in [2.45, 2.75) is 12.8 Å². The molecule has 0 aliphatic carbocycles. The molecule has 1 saturated heterocycles. The van der Waals surface area contributed by atoms with Gasteiger partial charge in [0.15, 0.2) is 0 Å². The topological polar surface area (TPSA) is 49.8 Å². The van der Waals surface area contributed by atoms with E-state index in [9.17, 15) is 4.79 Å². The largest absolute Gasteiger partial charge is 0.491 e. The molecule has 1 aliphatic heterocycles. The molecule has 1 aromatic carbocycles. The Hall–Kier alpha value is -0.970. The highest BCUT2D eigenvalue weighted by atomic mass is 35.5. The second kappa shape index (κ2) is 7.16. The van der Waals surface area contributed by atoms with Crippen LogP contribution in [0.3, 0.4) is 0 Å². The van der Waals surface area contributed by atoms with E-state index < -0.39 is 5.97 Å². The Morgan fingerprint density at radius 1 is 1.35 bits per heavy atom. The number of benzene rings is 1. The summed E-state index contributed by atoms with van der Waals surface area (Å²) in [6.07, 6.45) is 1.40. The molecule has 1 aliphatic rings. The SMILES string of the molecule is O=C(O)C1CCN(CCOc2cc(Cl)ccc2Cl)CC1. The summed E-state index contributed by atoms with van der Waals surface area (Å²) in [5.41, 5.74) is 0. The Balaban J connectivity index is 1.74. The molecule has 1 N–H and O–H groups in total. The average Bonchev–Trinajstić information content (AvgIpc) is 2.43. The minimum Gasteiger partial charge on any atom is -0.491 e. The number of hydrogen-bond acceptors (Lipinski definition) is 3. The summed E-state index contributed by atoms with van der Waals surface area (Å²) in [6.45, 7) is 2.86. The maximum atomic E-state index is 10.9. The van der Waals surface area contributed by atoms with Gasteiger partial charge in [-0.15, -0.1) is 0 Å². The van der Waals surface area contributed by atoms with E-state index in [-0.39, 0.29) is 5.92 Å². The fourth-order valence-electron chi connectivity index (χ4n) is 2.28. The van der Waals surface area contributed by atoms with Crippen LogP contribution in [0.15, 0.2) is 18.2 Å². The second-order valence-corrected chi connectivity index (χ2v) is 5.72. The predicted octanol–water partition coefficient (Wildman–Crippen LogP) is 3.17. The van der Waals surface area contributed by atoms with E-state index in [0.717, 1.165) is 19.6 Å². The van der Waals surface area contributed by atoms with E-state index in [1.54, 1.807) is 18.2 Å². The smallest absolute Gasteiger partial charge is 0.306 e. The molecule has 20 heavy (non-hydrogen) atoms. The second-order valence-electron chi connectivity index (χ2n) is 4.88. The number of carbonyl (C=O) groups is 1. The molecule has 4 nitrogen and oxygen atoms in total. The number of likely N-dealkylation sites (tertiary alicyclic amines) is 1. The molecule has 0 bridgehead atoms. The third kappa shape index (κ3) is 4.27. The fraction of sp³-hybridized carbons (Fsp3) is 0.500. The molecule has 6 heteroatoms. The van der Waals surface area contributed by atoms with Crippen molar-refractivity contribution in [1.82, 2.24) is 4.90 Å². The summed E-state index contributed by atoms with van der Waals surface area (Å²) in [5.74, 6) is -0.305. The van der Waals surface area contributed by atoms with Gasteiger partial charge < -0.3 is 9.84 Å². The normalized spacial score (nSPS) is 17.1. The van der Waals surface area contributed by atoms with Gasteiger partial charge in [0.05, 0.1) is 10.9 Å². The van der Waals surface area contributed by atoms with Crippen LogP contribution < -0.4 is 4.74 Å². The van der Waals surface area contributed by atoms with Gasteiger partial charge in [0.25, 0.3) is 0 Å². The van der Waals surface area contributed by atoms with Crippen LogP contribution in [0.5, 0.6) is 5.75 Å². The van der Waals surface area contributed by atoms with E-state index in [4.69, 9.17) is 33.0 Å². The Morgan fingerprint density at radius 3 is 2.70 bits per heavy atom. The van der Waals surface area contributed by atoms with Crippen molar-refractivity contribution in [3.63, 3.8) is 0 Å². The number of aliphatic carboxylic acids is 1. The molecule has 1 fully saturated rings. The van der Waals surface area contributed by atoms with Gasteiger partial charge in [-0.25, -0.2) is 0 Å². The lowest BCUT2D eigenvalue weighted by molar-refractivity contribution is -0.143. The minimum atomic E-state index is -0.688. The summed E-state index contributed by atoms with van der Waals surface area (Å²) >= 11 is 11.9. The number of hydrogen-bond donors (Lipinski definition) is 1. The molecule has 0 unspecified atom stereocenters. The van der Waals surface area contributed by atoms with Crippen molar-refractivity contribution in [3.8, 4) is 5.75 Å². The Bertz CT molecular complexity index is 473. The van der Waals surface area contributed by atoms with Crippen LogP contribution in [0.25, 0.3) is 0 Å². The molecule has 0 atom stereocenters. The van der Waals surface area contributed by atoms with Crippen LogP contribution in [-0.2, 0) is 4.79 Å².